The van der Waals surface area contributed by atoms with Crippen LogP contribution in [0, 0.1) is 0 Å². The van der Waals surface area contributed by atoms with Crippen LogP contribution in [0.4, 0.5) is 11.4 Å². The topological polar surface area (TPSA) is 67.0 Å². The van der Waals surface area contributed by atoms with E-state index in [1.54, 1.807) is 10.9 Å². The largest absolute Gasteiger partial charge is 0.331 e. The Morgan fingerprint density at radius 2 is 1.60 bits per heavy atom. The molecule has 0 aliphatic carbocycles. The van der Waals surface area contributed by atoms with E-state index in [-0.39, 0.29) is 5.56 Å². The van der Waals surface area contributed by atoms with Crippen molar-refractivity contribution in [1.29, 1.82) is 0 Å². The van der Waals surface area contributed by atoms with Gasteiger partial charge in [-0.15, -0.1) is 0 Å². The monoisotopic (exact) mass is 401 g/mol. The molecule has 30 heavy (non-hydrogen) atoms. The van der Waals surface area contributed by atoms with Gasteiger partial charge in [-0.05, 0) is 5.56 Å². The van der Waals surface area contributed by atoms with E-state index in [1.165, 1.54) is 5.56 Å². The summed E-state index contributed by atoms with van der Waals surface area (Å²) in [5.41, 5.74) is 3.53. The van der Waals surface area contributed by atoms with Crippen LogP contribution in [0.2, 0.25) is 0 Å². The SMILES string of the molecule is O=c1c2c(cnn1Cc1ccccc1)N=C(N1CCNCC1)[NH+]2Cc1ccccc1. The summed E-state index contributed by atoms with van der Waals surface area (Å²) in [5.74, 6) is 0.923. The Labute approximate surface area is 175 Å². The number of aliphatic imine (C=N–C) groups is 1. The molecule has 2 aliphatic heterocycles. The fraction of sp³-hybridized carbons (Fsp3) is 0.261. The van der Waals surface area contributed by atoms with Crippen LogP contribution in [0.15, 0.2) is 76.6 Å². The Morgan fingerprint density at radius 3 is 2.30 bits per heavy atom. The maximum absolute atomic E-state index is 13.5. The first-order chi connectivity index (χ1) is 14.8. The van der Waals surface area contributed by atoms with E-state index in [2.05, 4.69) is 27.4 Å². The molecule has 1 atom stereocenters. The molecule has 7 nitrogen and oxygen atoms in total. The zero-order chi connectivity index (χ0) is 20.3. The Hall–Kier alpha value is -3.29. The lowest BCUT2D eigenvalue weighted by Crippen LogP contribution is -3.10. The average molecular weight is 401 g/mol. The third-order valence-corrected chi connectivity index (χ3v) is 5.64. The Balaban J connectivity index is 1.53. The van der Waals surface area contributed by atoms with Gasteiger partial charge >= 0.3 is 11.5 Å². The van der Waals surface area contributed by atoms with Gasteiger partial charge in [-0.1, -0.05) is 60.7 Å². The number of benzene rings is 2. The Morgan fingerprint density at radius 1 is 0.933 bits per heavy atom. The van der Waals surface area contributed by atoms with E-state index in [0.717, 1.165) is 42.6 Å². The number of guanidine groups is 1. The van der Waals surface area contributed by atoms with Crippen molar-refractivity contribution in [2.24, 2.45) is 4.99 Å². The van der Waals surface area contributed by atoms with Crippen molar-refractivity contribution in [2.75, 3.05) is 26.2 Å². The molecule has 1 saturated heterocycles. The summed E-state index contributed by atoms with van der Waals surface area (Å²) in [5, 5.41) is 7.81. The third kappa shape index (κ3) is 3.65. The standard InChI is InChI=1S/C23H24N6O/c30-22-21-20(15-25-29(22)17-19-9-5-2-6-10-19)26-23(27-13-11-24-12-14-27)28(21)16-18-7-3-1-4-8-18/h1-10,15,24H,11-14,16-17H2/p+1. The highest BCUT2D eigenvalue weighted by Gasteiger charge is 2.38. The van der Waals surface area contributed by atoms with Crippen LogP contribution < -0.4 is 15.8 Å². The Kier molecular flexibility index (Phi) is 5.13. The maximum atomic E-state index is 13.5. The lowest BCUT2D eigenvalue weighted by Gasteiger charge is -2.29. The van der Waals surface area contributed by atoms with E-state index in [4.69, 9.17) is 4.99 Å². The molecule has 5 rings (SSSR count). The highest BCUT2D eigenvalue weighted by molar-refractivity contribution is 5.84. The molecule has 0 spiro atoms. The molecule has 1 fully saturated rings. The van der Waals surface area contributed by atoms with Crippen LogP contribution >= 0.6 is 0 Å². The summed E-state index contributed by atoms with van der Waals surface area (Å²) in [4.78, 5) is 21.6. The van der Waals surface area contributed by atoms with Crippen molar-refractivity contribution in [3.8, 4) is 0 Å². The second kappa shape index (κ2) is 8.22. The second-order valence-corrected chi connectivity index (χ2v) is 7.67. The summed E-state index contributed by atoms with van der Waals surface area (Å²) in [7, 11) is 0. The summed E-state index contributed by atoms with van der Waals surface area (Å²) in [6, 6.07) is 20.2. The fourth-order valence-corrected chi connectivity index (χ4v) is 4.12. The van der Waals surface area contributed by atoms with Gasteiger partial charge in [-0.3, -0.25) is 4.79 Å². The first-order valence-electron chi connectivity index (χ1n) is 10.4. The van der Waals surface area contributed by atoms with Gasteiger partial charge in [0.05, 0.1) is 12.7 Å². The molecular weight excluding hydrogens is 376 g/mol. The number of hydrogen-bond acceptors (Lipinski definition) is 5. The average Bonchev–Trinajstić information content (AvgIpc) is 3.17. The van der Waals surface area contributed by atoms with Crippen molar-refractivity contribution in [2.45, 2.75) is 13.1 Å². The number of fused-ring (bicyclic) bond motifs is 1. The molecule has 7 heteroatoms. The normalized spacial score (nSPS) is 18.2. The van der Waals surface area contributed by atoms with Crippen molar-refractivity contribution >= 4 is 17.3 Å². The minimum absolute atomic E-state index is 0.0730. The van der Waals surface area contributed by atoms with Crippen molar-refractivity contribution in [3.05, 3.63) is 88.3 Å². The van der Waals surface area contributed by atoms with Gasteiger partial charge in [-0.25, -0.2) is 9.58 Å². The van der Waals surface area contributed by atoms with Crippen LogP contribution in [0.5, 0.6) is 0 Å². The van der Waals surface area contributed by atoms with Gasteiger partial charge in [-0.2, -0.15) is 10.1 Å². The molecule has 3 heterocycles. The van der Waals surface area contributed by atoms with E-state index < -0.39 is 0 Å². The molecule has 0 bridgehead atoms. The number of aromatic nitrogens is 2. The quantitative estimate of drug-likeness (QED) is 0.682. The van der Waals surface area contributed by atoms with E-state index in [9.17, 15) is 4.79 Å². The van der Waals surface area contributed by atoms with Crippen LogP contribution in [-0.4, -0.2) is 46.8 Å². The van der Waals surface area contributed by atoms with Crippen LogP contribution in [0.3, 0.4) is 0 Å². The Bertz CT molecular complexity index is 1100. The van der Waals surface area contributed by atoms with Crippen molar-refractivity contribution < 1.29 is 4.90 Å². The van der Waals surface area contributed by atoms with Crippen molar-refractivity contribution in [3.63, 3.8) is 0 Å². The molecule has 1 aromatic heterocycles. The van der Waals surface area contributed by atoms with Gasteiger partial charge < -0.3 is 10.2 Å². The summed E-state index contributed by atoms with van der Waals surface area (Å²) in [6.45, 7) is 4.75. The molecule has 2 aromatic carbocycles. The highest BCUT2D eigenvalue weighted by Crippen LogP contribution is 2.22. The van der Waals surface area contributed by atoms with Crippen LogP contribution in [-0.2, 0) is 13.1 Å². The maximum Gasteiger partial charge on any atom is 0.331 e. The fourth-order valence-electron chi connectivity index (χ4n) is 4.12. The van der Waals surface area contributed by atoms with E-state index in [1.807, 2.05) is 48.5 Å². The van der Waals surface area contributed by atoms with Gasteiger partial charge in [0, 0.05) is 31.7 Å². The molecule has 2 N–H and O–H groups in total. The third-order valence-electron chi connectivity index (χ3n) is 5.64. The molecule has 3 aromatic rings. The molecule has 152 valence electrons. The molecule has 1 unspecified atom stereocenters. The number of quaternary nitrogens is 1. The number of hydrogen-bond donors (Lipinski definition) is 2. The molecule has 0 amide bonds. The van der Waals surface area contributed by atoms with Crippen LogP contribution in [0.25, 0.3) is 0 Å². The first-order valence-corrected chi connectivity index (χ1v) is 10.4. The van der Waals surface area contributed by atoms with Crippen molar-refractivity contribution in [1.82, 2.24) is 20.0 Å². The lowest BCUT2D eigenvalue weighted by molar-refractivity contribution is -0.751. The number of piperazine rings is 1. The number of rotatable bonds is 4. The second-order valence-electron chi connectivity index (χ2n) is 7.67. The molecule has 0 saturated carbocycles. The summed E-state index contributed by atoms with van der Waals surface area (Å²) >= 11 is 0. The van der Waals surface area contributed by atoms with Crippen LogP contribution in [0.1, 0.15) is 11.1 Å². The predicted octanol–water partition coefficient (Wildman–Crippen LogP) is 0.915. The van der Waals surface area contributed by atoms with Gasteiger partial charge in [0.25, 0.3) is 0 Å². The first kappa shape index (κ1) is 18.7. The zero-order valence-electron chi connectivity index (χ0n) is 16.8. The molecule has 0 radical (unpaired) electrons. The van der Waals surface area contributed by atoms with Gasteiger partial charge in [0.15, 0.2) is 5.69 Å². The highest BCUT2D eigenvalue weighted by atomic mass is 16.1. The molecule has 2 aliphatic rings. The number of nitrogens with zero attached hydrogens (tertiary/aromatic N) is 4. The number of nitrogens with one attached hydrogen (secondary N) is 2. The minimum Gasteiger partial charge on any atom is -0.313 e. The summed E-state index contributed by atoms with van der Waals surface area (Å²) in [6.07, 6.45) is 1.74. The predicted molar refractivity (Wildman–Crippen MR) is 116 cm³/mol. The minimum atomic E-state index is -0.0730. The van der Waals surface area contributed by atoms with E-state index in [0.29, 0.717) is 24.5 Å². The lowest BCUT2D eigenvalue weighted by atomic mass is 10.2. The summed E-state index contributed by atoms with van der Waals surface area (Å²) < 4.78 is 1.55. The zero-order valence-corrected chi connectivity index (χ0v) is 16.8. The van der Waals surface area contributed by atoms with Gasteiger partial charge in [0.1, 0.15) is 6.54 Å². The molecular formula is C23H25N6O+. The smallest absolute Gasteiger partial charge is 0.313 e. The van der Waals surface area contributed by atoms with E-state index >= 15 is 0 Å². The van der Waals surface area contributed by atoms with Gasteiger partial charge in [0.2, 0.25) is 5.69 Å².